The molecule has 0 saturated carbocycles. The second-order valence-electron chi connectivity index (χ2n) is 3.87. The fraction of sp³-hybridized carbons (Fsp3) is 0. The second kappa shape index (κ2) is 6.17. The number of carbonyl (C=O) groups excluding carboxylic acids is 1. The number of nitrogens with two attached hydrogens (primary N) is 1. The molecule has 1 heterocycles. The number of pyridine rings is 1. The van der Waals surface area contributed by atoms with Crippen LogP contribution in [0.15, 0.2) is 36.7 Å². The van der Waals surface area contributed by atoms with Crippen LogP contribution in [0, 0.1) is 0 Å². The van der Waals surface area contributed by atoms with Crippen LogP contribution in [0.1, 0.15) is 15.9 Å². The Bertz CT molecular complexity index is 691. The number of aromatic nitrogens is 1. The summed E-state index contributed by atoms with van der Waals surface area (Å²) in [4.78, 5) is 16.2. The number of benzene rings is 1. The van der Waals surface area contributed by atoms with Crippen molar-refractivity contribution in [2.75, 3.05) is 5.32 Å². The molecule has 0 unspecified atom stereocenters. The molecule has 1 aromatic carbocycles. The molecule has 0 saturated heterocycles. The first-order chi connectivity index (χ1) is 9.49. The molecule has 0 aliphatic heterocycles. The zero-order valence-corrected chi connectivity index (χ0v) is 12.4. The van der Waals surface area contributed by atoms with Gasteiger partial charge in [-0.05, 0) is 18.2 Å². The zero-order chi connectivity index (χ0) is 14.7. The molecule has 0 aliphatic carbocycles. The van der Waals surface area contributed by atoms with Gasteiger partial charge in [0, 0.05) is 18.0 Å². The van der Waals surface area contributed by atoms with E-state index in [1.807, 2.05) is 0 Å². The highest BCUT2D eigenvalue weighted by atomic mass is 35.5. The van der Waals surface area contributed by atoms with E-state index in [9.17, 15) is 4.79 Å². The van der Waals surface area contributed by atoms with Crippen molar-refractivity contribution >= 4 is 52.0 Å². The lowest BCUT2D eigenvalue weighted by Crippen LogP contribution is -2.14. The minimum Gasteiger partial charge on any atom is -0.389 e. The van der Waals surface area contributed by atoms with Gasteiger partial charge in [0.05, 0.1) is 21.3 Å². The molecular formula is C13H9Cl2N3OS. The van der Waals surface area contributed by atoms with Gasteiger partial charge in [-0.2, -0.15) is 0 Å². The van der Waals surface area contributed by atoms with E-state index in [0.29, 0.717) is 21.8 Å². The minimum absolute atomic E-state index is 0.221. The lowest BCUT2D eigenvalue weighted by molar-refractivity contribution is 0.102. The summed E-state index contributed by atoms with van der Waals surface area (Å²) in [6.45, 7) is 0. The predicted octanol–water partition coefficient (Wildman–Crippen LogP) is 3.27. The average molecular weight is 326 g/mol. The maximum absolute atomic E-state index is 12.1. The molecule has 0 bridgehead atoms. The Morgan fingerprint density at radius 2 is 2.00 bits per heavy atom. The zero-order valence-electron chi connectivity index (χ0n) is 10.1. The van der Waals surface area contributed by atoms with Crippen LogP contribution in [0.5, 0.6) is 0 Å². The summed E-state index contributed by atoms with van der Waals surface area (Å²) in [5, 5.41) is 3.30. The van der Waals surface area contributed by atoms with Crippen molar-refractivity contribution in [1.82, 2.24) is 4.98 Å². The van der Waals surface area contributed by atoms with Gasteiger partial charge >= 0.3 is 0 Å². The summed E-state index contributed by atoms with van der Waals surface area (Å²) in [6.07, 6.45) is 2.87. The predicted molar refractivity (Wildman–Crippen MR) is 84.5 cm³/mol. The fourth-order valence-corrected chi connectivity index (χ4v) is 2.02. The number of halogens is 2. The maximum Gasteiger partial charge on any atom is 0.257 e. The van der Waals surface area contributed by atoms with Gasteiger partial charge in [0.2, 0.25) is 0 Å². The highest BCUT2D eigenvalue weighted by Gasteiger charge is 2.12. The first-order valence-corrected chi connectivity index (χ1v) is 6.65. The third kappa shape index (κ3) is 3.25. The van der Waals surface area contributed by atoms with E-state index in [2.05, 4.69) is 10.3 Å². The quantitative estimate of drug-likeness (QED) is 0.850. The van der Waals surface area contributed by atoms with Gasteiger partial charge in [0.25, 0.3) is 5.91 Å². The summed E-state index contributed by atoms with van der Waals surface area (Å²) >= 11 is 16.8. The van der Waals surface area contributed by atoms with E-state index in [-0.39, 0.29) is 15.9 Å². The molecule has 102 valence electrons. The molecule has 4 nitrogen and oxygen atoms in total. The molecule has 0 spiro atoms. The van der Waals surface area contributed by atoms with Gasteiger partial charge < -0.3 is 11.1 Å². The van der Waals surface area contributed by atoms with Gasteiger partial charge in [0.1, 0.15) is 4.99 Å². The van der Waals surface area contributed by atoms with Gasteiger partial charge in [-0.1, -0.05) is 41.5 Å². The van der Waals surface area contributed by atoms with Crippen molar-refractivity contribution in [3.8, 4) is 0 Å². The maximum atomic E-state index is 12.1. The van der Waals surface area contributed by atoms with E-state index in [0.717, 1.165) is 0 Å². The van der Waals surface area contributed by atoms with Crippen molar-refractivity contribution in [2.24, 2.45) is 5.73 Å². The molecule has 0 aliphatic rings. The van der Waals surface area contributed by atoms with Crippen molar-refractivity contribution in [3.05, 3.63) is 57.8 Å². The molecule has 0 atom stereocenters. The number of hydrogen-bond donors (Lipinski definition) is 2. The summed E-state index contributed by atoms with van der Waals surface area (Å²) in [5.74, 6) is -0.389. The molecule has 20 heavy (non-hydrogen) atoms. The lowest BCUT2D eigenvalue weighted by Gasteiger charge is -2.09. The Morgan fingerprint density at radius 3 is 2.65 bits per heavy atom. The largest absolute Gasteiger partial charge is 0.389 e. The van der Waals surface area contributed by atoms with Crippen LogP contribution >= 0.6 is 35.4 Å². The van der Waals surface area contributed by atoms with Crippen LogP contribution in [0.2, 0.25) is 10.0 Å². The van der Waals surface area contributed by atoms with E-state index in [4.69, 9.17) is 41.2 Å². The number of anilines is 1. The third-order valence-electron chi connectivity index (χ3n) is 2.52. The van der Waals surface area contributed by atoms with E-state index in [1.165, 1.54) is 18.5 Å². The first kappa shape index (κ1) is 14.7. The van der Waals surface area contributed by atoms with Crippen LogP contribution in [-0.4, -0.2) is 15.9 Å². The number of amides is 1. The van der Waals surface area contributed by atoms with Crippen molar-refractivity contribution in [3.63, 3.8) is 0 Å². The Morgan fingerprint density at radius 1 is 1.25 bits per heavy atom. The summed E-state index contributed by atoms with van der Waals surface area (Å²) in [6, 6.07) is 6.42. The average Bonchev–Trinajstić information content (AvgIpc) is 2.41. The number of hydrogen-bond acceptors (Lipinski definition) is 3. The summed E-state index contributed by atoms with van der Waals surface area (Å²) in [7, 11) is 0. The van der Waals surface area contributed by atoms with Gasteiger partial charge in [-0.25, -0.2) is 0 Å². The van der Waals surface area contributed by atoms with Crippen LogP contribution < -0.4 is 11.1 Å². The molecule has 1 amide bonds. The molecule has 2 rings (SSSR count). The van der Waals surface area contributed by atoms with Crippen LogP contribution in [0.25, 0.3) is 0 Å². The number of carbonyl (C=O) groups is 1. The van der Waals surface area contributed by atoms with Crippen LogP contribution in [0.3, 0.4) is 0 Å². The van der Waals surface area contributed by atoms with Gasteiger partial charge in [0.15, 0.2) is 0 Å². The summed E-state index contributed by atoms with van der Waals surface area (Å²) in [5.41, 5.74) is 6.87. The first-order valence-electron chi connectivity index (χ1n) is 5.49. The Kier molecular flexibility index (Phi) is 4.54. The molecule has 7 heteroatoms. The molecule has 2 aromatic rings. The molecule has 0 fully saturated rings. The molecule has 1 aromatic heterocycles. The number of nitrogens with one attached hydrogen (secondary N) is 1. The second-order valence-corrected chi connectivity index (χ2v) is 5.12. The smallest absolute Gasteiger partial charge is 0.257 e. The topological polar surface area (TPSA) is 68.0 Å². The Balaban J connectivity index is 2.30. The number of nitrogens with zero attached hydrogens (tertiary/aromatic N) is 1. The van der Waals surface area contributed by atoms with Crippen LogP contribution in [0.4, 0.5) is 5.69 Å². The van der Waals surface area contributed by atoms with E-state index in [1.54, 1.807) is 18.2 Å². The number of thiocarbonyl (C=S) groups is 1. The minimum atomic E-state index is -0.389. The van der Waals surface area contributed by atoms with Gasteiger partial charge in [-0.3, -0.25) is 9.78 Å². The highest BCUT2D eigenvalue weighted by Crippen LogP contribution is 2.24. The molecule has 3 N–H and O–H groups in total. The highest BCUT2D eigenvalue weighted by molar-refractivity contribution is 7.80. The van der Waals surface area contributed by atoms with Gasteiger partial charge in [-0.15, -0.1) is 0 Å². The van der Waals surface area contributed by atoms with Crippen molar-refractivity contribution in [2.45, 2.75) is 0 Å². The summed E-state index contributed by atoms with van der Waals surface area (Å²) < 4.78 is 0. The Hall–Kier alpha value is -1.69. The lowest BCUT2D eigenvalue weighted by atomic mass is 10.2. The fourth-order valence-electron chi connectivity index (χ4n) is 1.52. The van der Waals surface area contributed by atoms with Crippen molar-refractivity contribution < 1.29 is 4.79 Å². The van der Waals surface area contributed by atoms with Crippen LogP contribution in [-0.2, 0) is 0 Å². The molecular weight excluding hydrogens is 317 g/mol. The molecule has 0 radical (unpaired) electrons. The van der Waals surface area contributed by atoms with E-state index >= 15 is 0 Å². The number of rotatable bonds is 3. The third-order valence-corrected chi connectivity index (χ3v) is 3.38. The SMILES string of the molecule is NC(=S)c1ccc(Cl)c(NC(=O)c2ccncc2Cl)c1. The van der Waals surface area contributed by atoms with Crippen molar-refractivity contribution in [1.29, 1.82) is 0 Å². The van der Waals surface area contributed by atoms with E-state index < -0.39 is 0 Å². The normalized spacial score (nSPS) is 10.1. The standard InChI is InChI=1S/C13H9Cl2N3OS/c14-9-2-1-7(12(16)20)5-11(9)18-13(19)8-3-4-17-6-10(8)15/h1-6H,(H2,16,20)(H,18,19). The Labute approximate surface area is 130 Å². The monoisotopic (exact) mass is 325 g/mol.